The second kappa shape index (κ2) is 8.62. The van der Waals surface area contributed by atoms with Crippen LogP contribution >= 0.6 is 0 Å². The van der Waals surface area contributed by atoms with Gasteiger partial charge in [0.1, 0.15) is 17.6 Å². The Morgan fingerprint density at radius 3 is 2.56 bits per heavy atom. The normalized spacial score (nSPS) is 19.1. The van der Waals surface area contributed by atoms with E-state index in [0.29, 0.717) is 24.2 Å². The van der Waals surface area contributed by atoms with Crippen molar-refractivity contribution in [3.63, 3.8) is 0 Å². The molecule has 2 heterocycles. The summed E-state index contributed by atoms with van der Waals surface area (Å²) in [7, 11) is 1.60. The number of ether oxygens (including phenoxy) is 1. The Morgan fingerprint density at radius 2 is 1.82 bits per heavy atom. The van der Waals surface area contributed by atoms with Crippen molar-refractivity contribution in [1.29, 1.82) is 0 Å². The van der Waals surface area contributed by atoms with E-state index in [9.17, 15) is 18.8 Å². The maximum atomic E-state index is 13.5. The van der Waals surface area contributed by atoms with E-state index in [2.05, 4.69) is 10.6 Å². The summed E-state index contributed by atoms with van der Waals surface area (Å²) in [4.78, 5) is 40.7. The summed E-state index contributed by atoms with van der Waals surface area (Å²) in [5.41, 5.74) is 2.71. The molecule has 1 fully saturated rings. The molecule has 8 heteroatoms. The van der Waals surface area contributed by atoms with Crippen LogP contribution < -0.4 is 15.4 Å². The predicted octanol–water partition coefficient (Wildman–Crippen LogP) is 3.47. The number of nitrogens with one attached hydrogen (secondary N) is 2. The summed E-state index contributed by atoms with van der Waals surface area (Å²) < 4.78 is 18.7. The van der Waals surface area contributed by atoms with E-state index < -0.39 is 23.8 Å². The first-order valence-corrected chi connectivity index (χ1v) is 10.9. The van der Waals surface area contributed by atoms with Crippen molar-refractivity contribution in [1.82, 2.24) is 10.2 Å². The molecule has 34 heavy (non-hydrogen) atoms. The number of halogens is 1. The molecule has 2 aliphatic rings. The average molecular weight is 459 g/mol. The van der Waals surface area contributed by atoms with Crippen molar-refractivity contribution >= 4 is 23.4 Å². The Morgan fingerprint density at radius 1 is 1.06 bits per heavy atom. The average Bonchev–Trinajstić information content (AvgIpc) is 3.23. The lowest BCUT2D eigenvalue weighted by molar-refractivity contribution is -0.120. The molecule has 1 saturated heterocycles. The van der Waals surface area contributed by atoms with E-state index in [0.717, 1.165) is 22.9 Å². The van der Waals surface area contributed by atoms with Gasteiger partial charge >= 0.3 is 0 Å². The lowest BCUT2D eigenvalue weighted by Crippen LogP contribution is -2.51. The fourth-order valence-electron chi connectivity index (χ4n) is 4.53. The molecule has 3 aromatic carbocycles. The number of fused-ring (bicyclic) bond motifs is 2. The summed E-state index contributed by atoms with van der Waals surface area (Å²) in [6.07, 6.45) is 0.415. The van der Waals surface area contributed by atoms with Gasteiger partial charge in [-0.2, -0.15) is 0 Å². The highest BCUT2D eigenvalue weighted by Crippen LogP contribution is 2.33. The fourth-order valence-corrected chi connectivity index (χ4v) is 4.53. The molecule has 0 saturated carbocycles. The van der Waals surface area contributed by atoms with E-state index in [1.807, 2.05) is 30.3 Å². The molecule has 0 unspecified atom stereocenters. The topological polar surface area (TPSA) is 87.7 Å². The third kappa shape index (κ3) is 3.87. The molecule has 0 aromatic heterocycles. The van der Waals surface area contributed by atoms with Gasteiger partial charge in [0.25, 0.3) is 11.8 Å². The number of hydrogen-bond donors (Lipinski definition) is 2. The minimum atomic E-state index is -0.859. The number of carbonyl (C=O) groups is 3. The summed E-state index contributed by atoms with van der Waals surface area (Å²) in [6, 6.07) is 16.7. The Balaban J connectivity index is 1.41. The zero-order chi connectivity index (χ0) is 23.8. The number of hydrogen-bond acceptors (Lipinski definition) is 4. The SMILES string of the molecule is COc1ccc(-c2ccc3c(c2)C(=O)N2CC[C@H](NC(=O)c4cccc(F)c4)[C@H]2C(=O)N3)cc1. The molecule has 0 spiro atoms. The van der Waals surface area contributed by atoms with Gasteiger partial charge in [-0.05, 0) is 60.0 Å². The number of anilines is 1. The van der Waals surface area contributed by atoms with Crippen LogP contribution in [0.4, 0.5) is 10.1 Å². The van der Waals surface area contributed by atoms with Crippen LogP contribution in [0.3, 0.4) is 0 Å². The van der Waals surface area contributed by atoms with Gasteiger partial charge in [0, 0.05) is 12.1 Å². The summed E-state index contributed by atoms with van der Waals surface area (Å²) in [6.45, 7) is 0.317. The predicted molar refractivity (Wildman–Crippen MR) is 124 cm³/mol. The van der Waals surface area contributed by atoms with E-state index in [1.165, 1.54) is 23.1 Å². The number of benzene rings is 3. The molecule has 3 aromatic rings. The molecular formula is C26H22FN3O4. The van der Waals surface area contributed by atoms with Crippen LogP contribution in [0.5, 0.6) is 5.75 Å². The molecule has 172 valence electrons. The van der Waals surface area contributed by atoms with Crippen LogP contribution in [-0.2, 0) is 4.79 Å². The Labute approximate surface area is 195 Å². The Hall–Kier alpha value is -4.20. The van der Waals surface area contributed by atoms with Crippen molar-refractivity contribution in [2.75, 3.05) is 19.0 Å². The third-order valence-corrected chi connectivity index (χ3v) is 6.26. The van der Waals surface area contributed by atoms with Crippen molar-refractivity contribution < 1.29 is 23.5 Å². The second-order valence-corrected chi connectivity index (χ2v) is 8.30. The molecule has 2 N–H and O–H groups in total. The smallest absolute Gasteiger partial charge is 0.256 e. The monoisotopic (exact) mass is 459 g/mol. The van der Waals surface area contributed by atoms with Crippen molar-refractivity contribution in [2.45, 2.75) is 18.5 Å². The van der Waals surface area contributed by atoms with Crippen LogP contribution in [0.25, 0.3) is 11.1 Å². The van der Waals surface area contributed by atoms with E-state index >= 15 is 0 Å². The number of rotatable bonds is 4. The Kier molecular flexibility index (Phi) is 5.49. The first kappa shape index (κ1) is 21.6. The minimum absolute atomic E-state index is 0.159. The maximum Gasteiger partial charge on any atom is 0.256 e. The maximum absolute atomic E-state index is 13.5. The van der Waals surface area contributed by atoms with Gasteiger partial charge < -0.3 is 20.3 Å². The van der Waals surface area contributed by atoms with Gasteiger partial charge in [0.15, 0.2) is 0 Å². The standard InChI is InChI=1S/C26H22FN3O4/c1-34-19-8-5-15(6-9-19)16-7-10-21-20(14-16)26(33)30-12-11-22(23(30)25(32)28-21)29-24(31)17-3-2-4-18(27)13-17/h2-10,13-14,22-23H,11-12H2,1H3,(H,28,32)(H,29,31)/t22-,23-/m0/s1. The lowest BCUT2D eigenvalue weighted by atomic mass is 10.0. The first-order valence-electron chi connectivity index (χ1n) is 10.9. The van der Waals surface area contributed by atoms with E-state index in [4.69, 9.17) is 4.74 Å². The van der Waals surface area contributed by atoms with Gasteiger partial charge in [-0.25, -0.2) is 4.39 Å². The van der Waals surface area contributed by atoms with Crippen molar-refractivity contribution in [2.24, 2.45) is 0 Å². The summed E-state index contributed by atoms with van der Waals surface area (Å²) >= 11 is 0. The number of methoxy groups -OCH3 is 1. The molecule has 0 aliphatic carbocycles. The third-order valence-electron chi connectivity index (χ3n) is 6.26. The largest absolute Gasteiger partial charge is 0.497 e. The number of carbonyl (C=O) groups excluding carboxylic acids is 3. The molecule has 3 amide bonds. The highest BCUT2D eigenvalue weighted by molar-refractivity contribution is 6.11. The Bertz CT molecular complexity index is 1290. The van der Waals surface area contributed by atoms with Gasteiger partial charge in [0.2, 0.25) is 5.91 Å². The summed E-state index contributed by atoms with van der Waals surface area (Å²) in [5.74, 6) is -0.933. The van der Waals surface area contributed by atoms with Crippen LogP contribution in [0, 0.1) is 5.82 Å². The zero-order valence-electron chi connectivity index (χ0n) is 18.4. The van der Waals surface area contributed by atoms with Gasteiger partial charge in [-0.15, -0.1) is 0 Å². The van der Waals surface area contributed by atoms with Gasteiger partial charge in [-0.1, -0.05) is 24.3 Å². The molecular weight excluding hydrogens is 437 g/mol. The molecule has 2 atom stereocenters. The van der Waals surface area contributed by atoms with Crippen LogP contribution in [-0.4, -0.2) is 48.4 Å². The van der Waals surface area contributed by atoms with E-state index in [1.54, 1.807) is 19.2 Å². The van der Waals surface area contributed by atoms with Crippen LogP contribution in [0.15, 0.2) is 66.7 Å². The van der Waals surface area contributed by atoms with Crippen LogP contribution in [0.2, 0.25) is 0 Å². The molecule has 0 radical (unpaired) electrons. The van der Waals surface area contributed by atoms with Gasteiger partial charge in [0.05, 0.1) is 24.4 Å². The lowest BCUT2D eigenvalue weighted by Gasteiger charge is -2.25. The molecule has 2 aliphatic heterocycles. The molecule has 0 bridgehead atoms. The van der Waals surface area contributed by atoms with Crippen molar-refractivity contribution in [3.8, 4) is 16.9 Å². The van der Waals surface area contributed by atoms with Gasteiger partial charge in [-0.3, -0.25) is 14.4 Å². The highest BCUT2D eigenvalue weighted by Gasteiger charge is 2.45. The minimum Gasteiger partial charge on any atom is -0.497 e. The first-order chi connectivity index (χ1) is 16.4. The molecule has 7 nitrogen and oxygen atoms in total. The number of amides is 3. The second-order valence-electron chi connectivity index (χ2n) is 8.30. The fraction of sp³-hybridized carbons (Fsp3) is 0.192. The zero-order valence-corrected chi connectivity index (χ0v) is 18.4. The summed E-state index contributed by atoms with van der Waals surface area (Å²) in [5, 5.41) is 5.64. The highest BCUT2D eigenvalue weighted by atomic mass is 19.1. The van der Waals surface area contributed by atoms with Crippen LogP contribution in [0.1, 0.15) is 27.1 Å². The molecule has 5 rings (SSSR count). The van der Waals surface area contributed by atoms with Crippen molar-refractivity contribution in [3.05, 3.63) is 83.7 Å². The van der Waals surface area contributed by atoms with E-state index in [-0.39, 0.29) is 17.4 Å². The quantitative estimate of drug-likeness (QED) is 0.626. The number of nitrogens with zero attached hydrogens (tertiary/aromatic N) is 1.